The molecule has 0 atom stereocenters. The molecule has 94 valence electrons. The molecule has 5 nitrogen and oxygen atoms in total. The fourth-order valence-electron chi connectivity index (χ4n) is 1.52. The second-order valence-corrected chi connectivity index (χ2v) is 3.86. The van der Waals surface area contributed by atoms with Gasteiger partial charge in [-0.25, -0.2) is 0 Å². The molecular formula is C11H20O5. The van der Waals surface area contributed by atoms with Crippen LogP contribution in [0.25, 0.3) is 0 Å². The summed E-state index contributed by atoms with van der Waals surface area (Å²) in [6.07, 6.45) is 5.41. The number of aliphatic carboxylic acids is 2. The summed E-state index contributed by atoms with van der Waals surface area (Å²) in [5.41, 5.74) is 0. The molecule has 16 heavy (non-hydrogen) atoms. The third kappa shape index (κ3) is 7.23. The van der Waals surface area contributed by atoms with Crippen molar-refractivity contribution in [1.29, 1.82) is 0 Å². The minimum absolute atomic E-state index is 0.199. The highest BCUT2D eigenvalue weighted by Crippen LogP contribution is 2.12. The molecule has 0 spiro atoms. The fraction of sp³-hybridized carbons (Fsp3) is 0.818. The summed E-state index contributed by atoms with van der Waals surface area (Å²) in [7, 11) is 0. The van der Waals surface area contributed by atoms with E-state index in [0.717, 1.165) is 32.1 Å². The first-order valence-corrected chi connectivity index (χ1v) is 5.66. The lowest BCUT2D eigenvalue weighted by Crippen LogP contribution is -2.23. The van der Waals surface area contributed by atoms with Crippen molar-refractivity contribution in [2.45, 2.75) is 44.9 Å². The van der Waals surface area contributed by atoms with Crippen LogP contribution in [-0.4, -0.2) is 33.9 Å². The van der Waals surface area contributed by atoms with Crippen molar-refractivity contribution in [1.82, 2.24) is 0 Å². The van der Waals surface area contributed by atoms with E-state index in [1.54, 1.807) is 0 Å². The molecule has 0 aliphatic heterocycles. The maximum Gasteiger partial charge on any atom is 0.317 e. The smallest absolute Gasteiger partial charge is 0.317 e. The maximum absolute atomic E-state index is 10.5. The highest BCUT2D eigenvalue weighted by molar-refractivity contribution is 5.92. The number of rotatable bonds is 10. The van der Waals surface area contributed by atoms with E-state index < -0.39 is 17.9 Å². The number of aliphatic hydroxyl groups excluding tert-OH is 1. The first-order chi connectivity index (χ1) is 7.59. The maximum atomic E-state index is 10.5. The Labute approximate surface area is 95.1 Å². The van der Waals surface area contributed by atoms with E-state index in [0.29, 0.717) is 6.42 Å². The zero-order valence-electron chi connectivity index (χ0n) is 9.39. The number of carboxylic acids is 2. The first-order valence-electron chi connectivity index (χ1n) is 5.66. The molecule has 0 aliphatic rings. The van der Waals surface area contributed by atoms with Crippen LogP contribution in [0.15, 0.2) is 0 Å². The average molecular weight is 232 g/mol. The standard InChI is InChI=1S/C11H20O5/c12-8-6-4-2-1-3-5-7-9(10(13)14)11(15)16/h9,12H,1-8H2,(H,13,14)(H,15,16). The Bertz CT molecular complexity index is 200. The van der Waals surface area contributed by atoms with Crippen LogP contribution < -0.4 is 0 Å². The summed E-state index contributed by atoms with van der Waals surface area (Å²) in [5.74, 6) is -3.78. The van der Waals surface area contributed by atoms with Gasteiger partial charge in [0, 0.05) is 6.61 Å². The first kappa shape index (κ1) is 14.9. The van der Waals surface area contributed by atoms with Gasteiger partial charge in [-0.15, -0.1) is 0 Å². The van der Waals surface area contributed by atoms with Gasteiger partial charge in [-0.3, -0.25) is 9.59 Å². The topological polar surface area (TPSA) is 94.8 Å². The van der Waals surface area contributed by atoms with Crippen molar-refractivity contribution in [3.8, 4) is 0 Å². The number of hydrogen-bond donors (Lipinski definition) is 3. The van der Waals surface area contributed by atoms with E-state index in [2.05, 4.69) is 0 Å². The van der Waals surface area contributed by atoms with Gasteiger partial charge in [0.15, 0.2) is 5.92 Å². The number of carbonyl (C=O) groups is 2. The molecular weight excluding hydrogens is 212 g/mol. The van der Waals surface area contributed by atoms with Gasteiger partial charge in [0.1, 0.15) is 0 Å². The Balaban J connectivity index is 3.48. The van der Waals surface area contributed by atoms with E-state index in [1.165, 1.54) is 0 Å². The Morgan fingerprint density at radius 1 is 0.812 bits per heavy atom. The van der Waals surface area contributed by atoms with Crippen LogP contribution in [0, 0.1) is 5.92 Å². The van der Waals surface area contributed by atoms with Crippen molar-refractivity contribution < 1.29 is 24.9 Å². The molecule has 0 rings (SSSR count). The van der Waals surface area contributed by atoms with Gasteiger partial charge in [0.2, 0.25) is 0 Å². The normalized spacial score (nSPS) is 10.6. The SMILES string of the molecule is O=C(O)C(CCCCCCCCO)C(=O)O. The van der Waals surface area contributed by atoms with Crippen LogP contribution >= 0.6 is 0 Å². The minimum atomic E-state index is -1.27. The van der Waals surface area contributed by atoms with Crippen LogP contribution in [0.5, 0.6) is 0 Å². The molecule has 0 amide bonds. The van der Waals surface area contributed by atoms with Crippen LogP contribution in [0.1, 0.15) is 44.9 Å². The van der Waals surface area contributed by atoms with E-state index in [9.17, 15) is 9.59 Å². The highest BCUT2D eigenvalue weighted by Gasteiger charge is 2.24. The highest BCUT2D eigenvalue weighted by atomic mass is 16.4. The Morgan fingerprint density at radius 3 is 1.69 bits per heavy atom. The molecule has 0 saturated carbocycles. The van der Waals surface area contributed by atoms with Crippen molar-refractivity contribution in [3.63, 3.8) is 0 Å². The van der Waals surface area contributed by atoms with E-state index in [-0.39, 0.29) is 13.0 Å². The average Bonchev–Trinajstić information content (AvgIpc) is 2.21. The van der Waals surface area contributed by atoms with Crippen molar-refractivity contribution >= 4 is 11.9 Å². The van der Waals surface area contributed by atoms with Gasteiger partial charge in [-0.05, 0) is 12.8 Å². The number of hydrogen-bond acceptors (Lipinski definition) is 3. The van der Waals surface area contributed by atoms with Crippen molar-refractivity contribution in [2.24, 2.45) is 5.92 Å². The number of aliphatic hydroxyl groups is 1. The van der Waals surface area contributed by atoms with Crippen molar-refractivity contribution in [2.75, 3.05) is 6.61 Å². The third-order valence-electron chi connectivity index (χ3n) is 2.50. The summed E-state index contributed by atoms with van der Waals surface area (Å²) in [6, 6.07) is 0. The molecule has 0 heterocycles. The molecule has 3 N–H and O–H groups in total. The second kappa shape index (κ2) is 9.15. The van der Waals surface area contributed by atoms with Crippen molar-refractivity contribution in [3.05, 3.63) is 0 Å². The molecule has 0 unspecified atom stereocenters. The number of carboxylic acid groups (broad SMARTS) is 2. The molecule has 0 bridgehead atoms. The largest absolute Gasteiger partial charge is 0.481 e. The molecule has 0 aliphatic carbocycles. The summed E-state index contributed by atoms with van der Waals surface area (Å²) in [4.78, 5) is 21.1. The molecule has 0 radical (unpaired) electrons. The second-order valence-electron chi connectivity index (χ2n) is 3.86. The Kier molecular flexibility index (Phi) is 8.52. The van der Waals surface area contributed by atoms with Gasteiger partial charge in [-0.2, -0.15) is 0 Å². The molecule has 0 saturated heterocycles. The van der Waals surface area contributed by atoms with Crippen LogP contribution in [0.2, 0.25) is 0 Å². The Hall–Kier alpha value is -1.10. The molecule has 0 aromatic carbocycles. The summed E-state index contributed by atoms with van der Waals surface area (Å²) in [5, 5.41) is 25.7. The quantitative estimate of drug-likeness (QED) is 0.392. The molecule has 5 heteroatoms. The molecule has 0 fully saturated rings. The zero-order valence-corrected chi connectivity index (χ0v) is 9.39. The van der Waals surface area contributed by atoms with Crippen LogP contribution in [0.3, 0.4) is 0 Å². The third-order valence-corrected chi connectivity index (χ3v) is 2.50. The van der Waals surface area contributed by atoms with Gasteiger partial charge < -0.3 is 15.3 Å². The number of unbranched alkanes of at least 4 members (excludes halogenated alkanes) is 5. The summed E-state index contributed by atoms with van der Waals surface area (Å²) < 4.78 is 0. The summed E-state index contributed by atoms with van der Waals surface area (Å²) in [6.45, 7) is 0.208. The predicted molar refractivity (Wildman–Crippen MR) is 58.2 cm³/mol. The van der Waals surface area contributed by atoms with Gasteiger partial charge in [-0.1, -0.05) is 32.1 Å². The van der Waals surface area contributed by atoms with Gasteiger partial charge in [0.25, 0.3) is 0 Å². The lowest BCUT2D eigenvalue weighted by atomic mass is 10.0. The predicted octanol–water partition coefficient (Wildman–Crippen LogP) is 1.49. The fourth-order valence-corrected chi connectivity index (χ4v) is 1.52. The Morgan fingerprint density at radius 2 is 1.25 bits per heavy atom. The molecule has 0 aromatic rings. The zero-order chi connectivity index (χ0) is 12.4. The molecule has 0 aromatic heterocycles. The lowest BCUT2D eigenvalue weighted by Gasteiger charge is -2.06. The van der Waals surface area contributed by atoms with Gasteiger partial charge in [0.05, 0.1) is 0 Å². The van der Waals surface area contributed by atoms with E-state index in [1.807, 2.05) is 0 Å². The van der Waals surface area contributed by atoms with E-state index >= 15 is 0 Å². The monoisotopic (exact) mass is 232 g/mol. The van der Waals surface area contributed by atoms with Crippen LogP contribution in [0.4, 0.5) is 0 Å². The van der Waals surface area contributed by atoms with E-state index in [4.69, 9.17) is 15.3 Å². The lowest BCUT2D eigenvalue weighted by molar-refractivity contribution is -0.154. The van der Waals surface area contributed by atoms with Crippen LogP contribution in [-0.2, 0) is 9.59 Å². The summed E-state index contributed by atoms with van der Waals surface area (Å²) >= 11 is 0. The minimum Gasteiger partial charge on any atom is -0.481 e. The van der Waals surface area contributed by atoms with Gasteiger partial charge >= 0.3 is 11.9 Å².